The molecule has 0 bridgehead atoms. The lowest BCUT2D eigenvalue weighted by atomic mass is 10.2. The lowest BCUT2D eigenvalue weighted by molar-refractivity contribution is -0.128. The van der Waals surface area contributed by atoms with Crippen molar-refractivity contribution in [1.29, 1.82) is 0 Å². The number of sulfonamides is 1. The maximum Gasteiger partial charge on any atom is 0.261 e. The molecular weight excluding hydrogens is 408 g/mol. The molecule has 8 nitrogen and oxygen atoms in total. The van der Waals surface area contributed by atoms with Crippen molar-refractivity contribution in [2.75, 3.05) is 37.9 Å². The molecule has 0 fully saturated rings. The molecule has 0 spiro atoms. The van der Waals surface area contributed by atoms with Crippen LogP contribution < -0.4 is 23.8 Å². The van der Waals surface area contributed by atoms with Crippen molar-refractivity contribution >= 4 is 21.6 Å². The summed E-state index contributed by atoms with van der Waals surface area (Å²) in [7, 11) is -0.298. The molecule has 2 aromatic rings. The van der Waals surface area contributed by atoms with Crippen LogP contribution in [-0.2, 0) is 14.8 Å². The molecule has 0 aromatic heterocycles. The van der Waals surface area contributed by atoms with Crippen molar-refractivity contribution in [2.24, 2.45) is 0 Å². The van der Waals surface area contributed by atoms with Crippen LogP contribution in [0.3, 0.4) is 0 Å². The Morgan fingerprint density at radius 3 is 2.30 bits per heavy atom. The van der Waals surface area contributed by atoms with Gasteiger partial charge in [0.05, 0.1) is 25.6 Å². The number of nitrogens with one attached hydrogen (secondary N) is 1. The van der Waals surface area contributed by atoms with Crippen molar-refractivity contribution in [1.82, 2.24) is 5.32 Å². The summed E-state index contributed by atoms with van der Waals surface area (Å²) in [5.41, 5.74) is 0.510. The number of hydrogen-bond acceptors (Lipinski definition) is 6. The molecule has 0 heterocycles. The molecule has 1 atom stereocenters. The van der Waals surface area contributed by atoms with Crippen LogP contribution in [0.15, 0.2) is 48.5 Å². The number of ether oxygens (including phenoxy) is 3. The Kier molecular flexibility index (Phi) is 8.35. The number of methoxy groups -OCH3 is 1. The smallest absolute Gasteiger partial charge is 0.261 e. The number of carbonyl (C=O) groups excluding carboxylic acids is 1. The number of benzene rings is 2. The monoisotopic (exact) mass is 436 g/mol. The van der Waals surface area contributed by atoms with Gasteiger partial charge in [0.25, 0.3) is 5.91 Å². The quantitative estimate of drug-likeness (QED) is 0.544. The fourth-order valence-corrected chi connectivity index (χ4v) is 3.10. The first-order chi connectivity index (χ1) is 14.3. The molecule has 0 radical (unpaired) electrons. The Bertz CT molecular complexity index is 931. The first-order valence-corrected chi connectivity index (χ1v) is 11.3. The van der Waals surface area contributed by atoms with Crippen molar-refractivity contribution < 1.29 is 27.4 Å². The normalized spacial score (nSPS) is 12.0. The molecule has 164 valence electrons. The molecule has 30 heavy (non-hydrogen) atoms. The second-order valence-electron chi connectivity index (χ2n) is 6.53. The van der Waals surface area contributed by atoms with Gasteiger partial charge in [-0.25, -0.2) is 8.42 Å². The van der Waals surface area contributed by atoms with E-state index >= 15 is 0 Å². The molecule has 2 rings (SSSR count). The largest absolute Gasteiger partial charge is 0.493 e. The minimum atomic E-state index is -3.34. The summed E-state index contributed by atoms with van der Waals surface area (Å²) in [5, 5.41) is 2.79. The zero-order chi connectivity index (χ0) is 22.1. The molecular formula is C21H28N2O6S. The molecule has 0 aliphatic rings. The van der Waals surface area contributed by atoms with Crippen LogP contribution in [0.4, 0.5) is 5.69 Å². The standard InChI is InChI=1S/C21H28N2O6S/c1-5-18(29-17-12-10-16(11-13-17)23(2)30(4,25)26)21(24)22-14-15-28-20-9-7-6-8-19(20)27-3/h6-13,18H,5,14-15H2,1-4H3,(H,22,24). The van der Waals surface area contributed by atoms with Gasteiger partial charge in [-0.2, -0.15) is 0 Å². The summed E-state index contributed by atoms with van der Waals surface area (Å²) in [6.07, 6.45) is 0.936. The summed E-state index contributed by atoms with van der Waals surface area (Å²) in [6.45, 7) is 2.45. The Balaban J connectivity index is 1.86. The summed E-state index contributed by atoms with van der Waals surface area (Å²) in [6, 6.07) is 13.8. The minimum absolute atomic E-state index is 0.251. The van der Waals surface area contributed by atoms with Gasteiger partial charge in [0.15, 0.2) is 17.6 Å². The van der Waals surface area contributed by atoms with E-state index in [-0.39, 0.29) is 12.5 Å². The Morgan fingerprint density at radius 1 is 1.10 bits per heavy atom. The van der Waals surface area contributed by atoms with Crippen LogP contribution in [0.5, 0.6) is 17.2 Å². The van der Waals surface area contributed by atoms with Gasteiger partial charge in [0.1, 0.15) is 12.4 Å². The topological polar surface area (TPSA) is 94.2 Å². The van der Waals surface area contributed by atoms with E-state index in [1.54, 1.807) is 43.5 Å². The number of hydrogen-bond donors (Lipinski definition) is 1. The maximum atomic E-state index is 12.4. The number of rotatable bonds is 11. The number of nitrogens with zero attached hydrogens (tertiary/aromatic N) is 1. The third-order valence-corrected chi connectivity index (χ3v) is 5.57. The number of amides is 1. The van der Waals surface area contributed by atoms with Gasteiger partial charge in [-0.1, -0.05) is 19.1 Å². The summed E-state index contributed by atoms with van der Waals surface area (Å²) in [5.74, 6) is 1.46. The van der Waals surface area contributed by atoms with Gasteiger partial charge in [-0.15, -0.1) is 0 Å². The molecule has 1 unspecified atom stereocenters. The van der Waals surface area contributed by atoms with E-state index < -0.39 is 16.1 Å². The zero-order valence-corrected chi connectivity index (χ0v) is 18.4. The molecule has 0 aliphatic heterocycles. The van der Waals surface area contributed by atoms with E-state index in [4.69, 9.17) is 14.2 Å². The highest BCUT2D eigenvalue weighted by atomic mass is 32.2. The van der Waals surface area contributed by atoms with Crippen molar-refractivity contribution in [3.8, 4) is 17.2 Å². The third-order valence-electron chi connectivity index (χ3n) is 4.37. The van der Waals surface area contributed by atoms with E-state index in [0.29, 0.717) is 35.9 Å². The van der Waals surface area contributed by atoms with Crippen molar-refractivity contribution in [3.05, 3.63) is 48.5 Å². The molecule has 2 aromatic carbocycles. The highest BCUT2D eigenvalue weighted by Gasteiger charge is 2.18. The van der Waals surface area contributed by atoms with E-state index in [1.165, 1.54) is 11.4 Å². The molecule has 1 N–H and O–H groups in total. The number of carbonyl (C=O) groups is 1. The van der Waals surface area contributed by atoms with Crippen LogP contribution in [0.1, 0.15) is 13.3 Å². The fourth-order valence-electron chi connectivity index (χ4n) is 2.60. The third kappa shape index (κ3) is 6.55. The highest BCUT2D eigenvalue weighted by molar-refractivity contribution is 7.92. The fraction of sp³-hybridized carbons (Fsp3) is 0.381. The van der Waals surface area contributed by atoms with Gasteiger partial charge in [0.2, 0.25) is 10.0 Å². The molecule has 1 amide bonds. The van der Waals surface area contributed by atoms with Gasteiger partial charge in [-0.05, 0) is 42.8 Å². The van der Waals surface area contributed by atoms with Gasteiger partial charge in [-0.3, -0.25) is 9.10 Å². The van der Waals surface area contributed by atoms with Crippen LogP contribution in [0, 0.1) is 0 Å². The summed E-state index contributed by atoms with van der Waals surface area (Å²) >= 11 is 0. The predicted molar refractivity (Wildman–Crippen MR) is 116 cm³/mol. The van der Waals surface area contributed by atoms with Crippen molar-refractivity contribution in [2.45, 2.75) is 19.4 Å². The summed E-state index contributed by atoms with van der Waals surface area (Å²) < 4.78 is 41.0. The highest BCUT2D eigenvalue weighted by Crippen LogP contribution is 2.25. The van der Waals surface area contributed by atoms with Gasteiger partial charge >= 0.3 is 0 Å². The average Bonchev–Trinajstić information content (AvgIpc) is 2.74. The van der Waals surface area contributed by atoms with E-state index in [2.05, 4.69) is 5.32 Å². The van der Waals surface area contributed by atoms with Gasteiger partial charge < -0.3 is 19.5 Å². The first kappa shape index (κ1) is 23.3. The van der Waals surface area contributed by atoms with E-state index in [1.807, 2.05) is 19.1 Å². The average molecular weight is 437 g/mol. The lowest BCUT2D eigenvalue weighted by Gasteiger charge is -2.19. The maximum absolute atomic E-state index is 12.4. The second kappa shape index (κ2) is 10.7. The summed E-state index contributed by atoms with van der Waals surface area (Å²) in [4.78, 5) is 12.4. The molecule has 0 saturated carbocycles. The number of para-hydroxylation sites is 2. The zero-order valence-electron chi connectivity index (χ0n) is 17.6. The SMILES string of the molecule is CCC(Oc1ccc(N(C)S(C)(=O)=O)cc1)C(=O)NCCOc1ccccc1OC. The Hall–Kier alpha value is -2.94. The minimum Gasteiger partial charge on any atom is -0.493 e. The van der Waals surface area contributed by atoms with Crippen molar-refractivity contribution in [3.63, 3.8) is 0 Å². The molecule has 0 aliphatic carbocycles. The second-order valence-corrected chi connectivity index (χ2v) is 8.54. The number of anilines is 1. The molecule has 9 heteroatoms. The van der Waals surface area contributed by atoms with E-state index in [9.17, 15) is 13.2 Å². The van der Waals surface area contributed by atoms with Crippen LogP contribution in [0.25, 0.3) is 0 Å². The van der Waals surface area contributed by atoms with Crippen LogP contribution in [0.2, 0.25) is 0 Å². The van der Waals surface area contributed by atoms with Crippen LogP contribution in [-0.4, -0.2) is 54.0 Å². The lowest BCUT2D eigenvalue weighted by Crippen LogP contribution is -2.39. The molecule has 0 saturated heterocycles. The van der Waals surface area contributed by atoms with Crippen LogP contribution >= 0.6 is 0 Å². The first-order valence-electron chi connectivity index (χ1n) is 9.50. The Morgan fingerprint density at radius 2 is 1.73 bits per heavy atom. The van der Waals surface area contributed by atoms with Gasteiger partial charge in [0, 0.05) is 7.05 Å². The Labute approximate surface area is 177 Å². The van der Waals surface area contributed by atoms with E-state index in [0.717, 1.165) is 6.26 Å². The predicted octanol–water partition coefficient (Wildman–Crippen LogP) is 2.44.